The van der Waals surface area contributed by atoms with Crippen LogP contribution >= 0.6 is 0 Å². The Labute approximate surface area is 69.6 Å². The van der Waals surface area contributed by atoms with Crippen molar-refractivity contribution in [3.63, 3.8) is 0 Å². The van der Waals surface area contributed by atoms with Gasteiger partial charge in [-0.2, -0.15) is 0 Å². The van der Waals surface area contributed by atoms with Crippen molar-refractivity contribution < 1.29 is 24.2 Å². The van der Waals surface area contributed by atoms with Crippen molar-refractivity contribution in [2.45, 2.75) is 6.92 Å². The van der Waals surface area contributed by atoms with Crippen LogP contribution in [-0.4, -0.2) is 30.4 Å². The summed E-state index contributed by atoms with van der Waals surface area (Å²) in [5.41, 5.74) is 0.748. The Hall–Kier alpha value is -1.36. The Balaban J connectivity index is 3.44. The van der Waals surface area contributed by atoms with Crippen LogP contribution in [0.1, 0.15) is 6.92 Å². The molecule has 0 bridgehead atoms. The molecule has 0 aliphatic heterocycles. The molecule has 5 heteroatoms. The lowest BCUT2D eigenvalue weighted by atomic mass is 10.4. The van der Waals surface area contributed by atoms with Gasteiger partial charge in [-0.25, -0.2) is 9.59 Å². The van der Waals surface area contributed by atoms with Crippen LogP contribution in [0, 0.1) is 0 Å². The first-order valence-electron chi connectivity index (χ1n) is 3.18. The Kier molecular flexibility index (Phi) is 4.71. The number of rotatable bonds is 4. The van der Waals surface area contributed by atoms with Gasteiger partial charge in [-0.1, -0.05) is 12.2 Å². The van der Waals surface area contributed by atoms with Gasteiger partial charge in [-0.15, -0.1) is 0 Å². The van der Waals surface area contributed by atoms with Crippen molar-refractivity contribution in [2.24, 2.45) is 0 Å². The number of carbonyl (C=O) groups excluding carboxylic acids is 1. The number of carboxylic acid groups (broad SMARTS) is 1. The average Bonchev–Trinajstić information content (AvgIpc) is 1.84. The van der Waals surface area contributed by atoms with Gasteiger partial charge < -0.3 is 14.6 Å². The summed E-state index contributed by atoms with van der Waals surface area (Å²) in [5.74, 6) is -0.927. The Morgan fingerprint density at radius 1 is 1.42 bits per heavy atom. The molecule has 1 N–H and O–H groups in total. The second-order valence-corrected chi connectivity index (χ2v) is 2.19. The Morgan fingerprint density at radius 3 is 2.42 bits per heavy atom. The summed E-state index contributed by atoms with van der Waals surface area (Å²) >= 11 is 0. The SMILES string of the molecule is C=C(C)COCC(=O)OC(=O)O. The molecule has 0 aromatic rings. The summed E-state index contributed by atoms with van der Waals surface area (Å²) in [6, 6.07) is 0. The van der Waals surface area contributed by atoms with Crippen molar-refractivity contribution in [3.05, 3.63) is 12.2 Å². The van der Waals surface area contributed by atoms with E-state index in [4.69, 9.17) is 9.84 Å². The number of ether oxygens (including phenoxy) is 2. The summed E-state index contributed by atoms with van der Waals surface area (Å²) in [7, 11) is 0. The fourth-order valence-corrected chi connectivity index (χ4v) is 0.435. The first-order chi connectivity index (χ1) is 5.52. The number of esters is 1. The molecule has 0 aliphatic rings. The highest BCUT2D eigenvalue weighted by Gasteiger charge is 2.07. The van der Waals surface area contributed by atoms with E-state index in [0.717, 1.165) is 5.57 Å². The molecule has 0 amide bonds. The van der Waals surface area contributed by atoms with E-state index < -0.39 is 12.1 Å². The highest BCUT2D eigenvalue weighted by atomic mass is 16.7. The molecule has 0 spiro atoms. The van der Waals surface area contributed by atoms with E-state index in [1.165, 1.54) is 0 Å². The molecule has 68 valence electrons. The van der Waals surface area contributed by atoms with Crippen LogP contribution in [0.5, 0.6) is 0 Å². The second-order valence-electron chi connectivity index (χ2n) is 2.19. The second kappa shape index (κ2) is 5.31. The first-order valence-corrected chi connectivity index (χ1v) is 3.18. The van der Waals surface area contributed by atoms with Gasteiger partial charge >= 0.3 is 12.1 Å². The van der Waals surface area contributed by atoms with Crippen LogP contribution in [0.25, 0.3) is 0 Å². The van der Waals surface area contributed by atoms with Crippen LogP contribution in [0.2, 0.25) is 0 Å². The molecule has 0 heterocycles. The van der Waals surface area contributed by atoms with Crippen molar-refractivity contribution >= 4 is 12.1 Å². The maximum Gasteiger partial charge on any atom is 0.513 e. The largest absolute Gasteiger partial charge is 0.513 e. The van der Waals surface area contributed by atoms with Gasteiger partial charge in [0.15, 0.2) is 0 Å². The predicted molar refractivity (Wildman–Crippen MR) is 39.7 cm³/mol. The summed E-state index contributed by atoms with van der Waals surface area (Å²) in [5, 5.41) is 7.98. The third-order valence-electron chi connectivity index (χ3n) is 0.770. The van der Waals surface area contributed by atoms with E-state index in [2.05, 4.69) is 11.3 Å². The van der Waals surface area contributed by atoms with Gasteiger partial charge in [-0.05, 0) is 6.92 Å². The smallest absolute Gasteiger partial charge is 0.449 e. The Bertz CT molecular complexity index is 196. The molecular formula is C7H10O5. The molecular weight excluding hydrogens is 164 g/mol. The normalized spacial score (nSPS) is 9.08. The quantitative estimate of drug-likeness (QED) is 0.387. The monoisotopic (exact) mass is 174 g/mol. The van der Waals surface area contributed by atoms with Crippen LogP contribution in [0.4, 0.5) is 4.79 Å². The lowest BCUT2D eigenvalue weighted by molar-refractivity contribution is -0.143. The van der Waals surface area contributed by atoms with Crippen LogP contribution in [0.3, 0.4) is 0 Å². The molecule has 0 saturated carbocycles. The molecule has 0 rings (SSSR count). The van der Waals surface area contributed by atoms with Crippen LogP contribution in [0.15, 0.2) is 12.2 Å². The summed E-state index contributed by atoms with van der Waals surface area (Å²) < 4.78 is 8.48. The van der Waals surface area contributed by atoms with Crippen molar-refractivity contribution in [3.8, 4) is 0 Å². The zero-order valence-corrected chi connectivity index (χ0v) is 6.70. The molecule has 0 fully saturated rings. The van der Waals surface area contributed by atoms with Gasteiger partial charge in [0, 0.05) is 0 Å². The number of hydrogen-bond donors (Lipinski definition) is 1. The van der Waals surface area contributed by atoms with E-state index in [0.29, 0.717) is 0 Å². The first kappa shape index (κ1) is 10.6. The lowest BCUT2D eigenvalue weighted by Crippen LogP contribution is -2.16. The minimum absolute atomic E-state index is 0.217. The zero-order valence-electron chi connectivity index (χ0n) is 6.70. The molecule has 12 heavy (non-hydrogen) atoms. The molecule has 0 radical (unpaired) electrons. The standard InChI is InChI=1S/C7H10O5/c1-5(2)3-11-4-6(8)12-7(9)10/h1,3-4H2,2H3,(H,9,10). The fourth-order valence-electron chi connectivity index (χ4n) is 0.435. The predicted octanol–water partition coefficient (Wildman–Crippen LogP) is 0.800. The van der Waals surface area contributed by atoms with E-state index in [1.54, 1.807) is 6.92 Å². The average molecular weight is 174 g/mol. The summed E-state index contributed by atoms with van der Waals surface area (Å²) in [4.78, 5) is 20.3. The fraction of sp³-hybridized carbons (Fsp3) is 0.429. The zero-order chi connectivity index (χ0) is 9.56. The van der Waals surface area contributed by atoms with Gasteiger partial charge in [-0.3, -0.25) is 0 Å². The lowest BCUT2D eigenvalue weighted by Gasteiger charge is -2.00. The molecule has 0 unspecified atom stereocenters. The van der Waals surface area contributed by atoms with E-state index in [1.807, 2.05) is 0 Å². The molecule has 0 aliphatic carbocycles. The summed E-state index contributed by atoms with van der Waals surface area (Å²) in [6.07, 6.45) is -1.63. The molecule has 0 aromatic carbocycles. The molecule has 5 nitrogen and oxygen atoms in total. The van der Waals surface area contributed by atoms with Gasteiger partial charge in [0.2, 0.25) is 0 Å². The van der Waals surface area contributed by atoms with Crippen molar-refractivity contribution in [2.75, 3.05) is 13.2 Å². The van der Waals surface area contributed by atoms with E-state index in [9.17, 15) is 9.59 Å². The van der Waals surface area contributed by atoms with Gasteiger partial charge in [0.25, 0.3) is 0 Å². The highest BCUT2D eigenvalue weighted by molar-refractivity contribution is 5.81. The molecule has 0 aromatic heterocycles. The van der Waals surface area contributed by atoms with Crippen molar-refractivity contribution in [1.82, 2.24) is 0 Å². The number of carbonyl (C=O) groups is 2. The molecule has 0 saturated heterocycles. The molecule has 0 atom stereocenters. The van der Waals surface area contributed by atoms with E-state index >= 15 is 0 Å². The minimum atomic E-state index is -1.63. The summed E-state index contributed by atoms with van der Waals surface area (Å²) in [6.45, 7) is 5.09. The van der Waals surface area contributed by atoms with Gasteiger partial charge in [0.1, 0.15) is 6.61 Å². The van der Waals surface area contributed by atoms with Crippen LogP contribution in [-0.2, 0) is 14.3 Å². The van der Waals surface area contributed by atoms with E-state index in [-0.39, 0.29) is 13.2 Å². The maximum absolute atomic E-state index is 10.5. The topological polar surface area (TPSA) is 72.8 Å². The van der Waals surface area contributed by atoms with Gasteiger partial charge in [0.05, 0.1) is 6.61 Å². The van der Waals surface area contributed by atoms with Crippen LogP contribution < -0.4 is 0 Å². The Morgan fingerprint density at radius 2 is 2.00 bits per heavy atom. The van der Waals surface area contributed by atoms with Crippen molar-refractivity contribution in [1.29, 1.82) is 0 Å². The minimum Gasteiger partial charge on any atom is -0.449 e. The third-order valence-corrected chi connectivity index (χ3v) is 0.770. The highest BCUT2D eigenvalue weighted by Crippen LogP contribution is 1.89. The number of hydrogen-bond acceptors (Lipinski definition) is 4. The third kappa shape index (κ3) is 6.76. The maximum atomic E-state index is 10.5.